The SMILES string of the molecule is C=N/C=C(\C=C(C)C)C(C)CCC=C(C)C. The highest BCUT2D eigenvalue weighted by molar-refractivity contribution is 5.30. The number of aliphatic imine (C=N–C) groups is 1. The predicted octanol–water partition coefficient (Wildman–Crippen LogP) is 4.92. The van der Waals surface area contributed by atoms with Crippen molar-refractivity contribution in [3.8, 4) is 0 Å². The van der Waals surface area contributed by atoms with Gasteiger partial charge in [0.25, 0.3) is 0 Å². The van der Waals surface area contributed by atoms with Gasteiger partial charge >= 0.3 is 0 Å². The fourth-order valence-electron chi connectivity index (χ4n) is 1.53. The van der Waals surface area contributed by atoms with Gasteiger partial charge in [-0.05, 0) is 58.7 Å². The molecule has 0 N–H and O–H groups in total. The van der Waals surface area contributed by atoms with Gasteiger partial charge in [0.1, 0.15) is 0 Å². The topological polar surface area (TPSA) is 12.4 Å². The summed E-state index contributed by atoms with van der Waals surface area (Å²) in [6, 6.07) is 0. The molecular formula is C15H25N. The first-order chi connectivity index (χ1) is 7.47. The molecular weight excluding hydrogens is 194 g/mol. The maximum atomic E-state index is 3.88. The van der Waals surface area contributed by atoms with Crippen molar-refractivity contribution in [2.45, 2.75) is 47.5 Å². The molecule has 0 bridgehead atoms. The van der Waals surface area contributed by atoms with Crippen LogP contribution in [0.3, 0.4) is 0 Å². The lowest BCUT2D eigenvalue weighted by Gasteiger charge is -2.11. The van der Waals surface area contributed by atoms with Crippen LogP contribution in [0.1, 0.15) is 47.5 Å². The van der Waals surface area contributed by atoms with Gasteiger partial charge < -0.3 is 0 Å². The molecule has 0 fully saturated rings. The first kappa shape index (κ1) is 14.9. The molecule has 16 heavy (non-hydrogen) atoms. The lowest BCUT2D eigenvalue weighted by Crippen LogP contribution is -1.97. The van der Waals surface area contributed by atoms with Gasteiger partial charge in [-0.3, -0.25) is 4.99 Å². The molecule has 0 heterocycles. The quantitative estimate of drug-likeness (QED) is 0.341. The molecule has 0 aliphatic carbocycles. The maximum absolute atomic E-state index is 3.88. The summed E-state index contributed by atoms with van der Waals surface area (Å²) in [7, 11) is 0. The number of rotatable bonds is 6. The molecule has 0 radical (unpaired) electrons. The van der Waals surface area contributed by atoms with Crippen molar-refractivity contribution in [3.63, 3.8) is 0 Å². The van der Waals surface area contributed by atoms with Crippen molar-refractivity contribution >= 4 is 6.72 Å². The van der Waals surface area contributed by atoms with Crippen molar-refractivity contribution in [2.75, 3.05) is 0 Å². The second kappa shape index (κ2) is 8.09. The Balaban J connectivity index is 4.46. The van der Waals surface area contributed by atoms with Crippen molar-refractivity contribution in [1.82, 2.24) is 0 Å². The van der Waals surface area contributed by atoms with E-state index >= 15 is 0 Å². The van der Waals surface area contributed by atoms with Gasteiger partial charge in [0, 0.05) is 6.20 Å². The van der Waals surface area contributed by atoms with E-state index in [-0.39, 0.29) is 0 Å². The molecule has 0 rings (SSSR count). The van der Waals surface area contributed by atoms with E-state index in [1.165, 1.54) is 16.7 Å². The third-order valence-electron chi connectivity index (χ3n) is 2.42. The van der Waals surface area contributed by atoms with E-state index < -0.39 is 0 Å². The summed E-state index contributed by atoms with van der Waals surface area (Å²) < 4.78 is 0. The molecule has 0 saturated heterocycles. The van der Waals surface area contributed by atoms with Crippen LogP contribution in [0.4, 0.5) is 0 Å². The normalized spacial score (nSPS) is 12.9. The number of nitrogens with zero attached hydrogens (tertiary/aromatic N) is 1. The molecule has 0 aromatic rings. The van der Waals surface area contributed by atoms with Gasteiger partial charge in [0.15, 0.2) is 0 Å². The van der Waals surface area contributed by atoms with Gasteiger partial charge in [-0.1, -0.05) is 30.2 Å². The molecule has 0 spiro atoms. The van der Waals surface area contributed by atoms with Gasteiger partial charge in [0.05, 0.1) is 0 Å². The third-order valence-corrected chi connectivity index (χ3v) is 2.42. The second-order valence-electron chi connectivity index (χ2n) is 4.79. The van der Waals surface area contributed by atoms with Crippen LogP contribution in [0, 0.1) is 5.92 Å². The highest BCUT2D eigenvalue weighted by Gasteiger charge is 2.05. The van der Waals surface area contributed by atoms with Crippen LogP contribution in [0.5, 0.6) is 0 Å². The van der Waals surface area contributed by atoms with E-state index in [2.05, 4.69) is 58.5 Å². The maximum Gasteiger partial charge on any atom is 0.0295 e. The average Bonchev–Trinajstić information content (AvgIpc) is 2.15. The molecule has 0 aromatic carbocycles. The largest absolute Gasteiger partial charge is 0.272 e. The van der Waals surface area contributed by atoms with E-state index in [1.807, 2.05) is 6.20 Å². The van der Waals surface area contributed by atoms with Crippen LogP contribution < -0.4 is 0 Å². The Bertz CT molecular complexity index is 297. The minimum atomic E-state index is 0.538. The Morgan fingerprint density at radius 1 is 1.19 bits per heavy atom. The highest BCUT2D eigenvalue weighted by Crippen LogP contribution is 2.20. The molecule has 90 valence electrons. The molecule has 0 aliphatic rings. The molecule has 1 atom stereocenters. The first-order valence-electron chi connectivity index (χ1n) is 5.91. The minimum absolute atomic E-state index is 0.538. The van der Waals surface area contributed by atoms with Gasteiger partial charge in [-0.2, -0.15) is 0 Å². The Morgan fingerprint density at radius 2 is 1.81 bits per heavy atom. The van der Waals surface area contributed by atoms with E-state index in [1.54, 1.807) is 0 Å². The Morgan fingerprint density at radius 3 is 2.25 bits per heavy atom. The zero-order chi connectivity index (χ0) is 12.6. The molecule has 0 aromatic heterocycles. The van der Waals surface area contributed by atoms with Crippen LogP contribution in [-0.4, -0.2) is 6.72 Å². The summed E-state index contributed by atoms with van der Waals surface area (Å²) in [5.41, 5.74) is 3.97. The number of allylic oxidation sites excluding steroid dienone is 5. The Hall–Kier alpha value is -1.11. The summed E-state index contributed by atoms with van der Waals surface area (Å²) in [4.78, 5) is 3.88. The molecule has 0 saturated carbocycles. The van der Waals surface area contributed by atoms with Crippen molar-refractivity contribution in [1.29, 1.82) is 0 Å². The summed E-state index contributed by atoms with van der Waals surface area (Å²) in [5.74, 6) is 0.538. The first-order valence-corrected chi connectivity index (χ1v) is 5.91. The molecule has 1 unspecified atom stereocenters. The Kier molecular flexibility index (Phi) is 7.53. The molecule has 0 aliphatic heterocycles. The molecule has 0 amide bonds. The van der Waals surface area contributed by atoms with E-state index in [0.29, 0.717) is 5.92 Å². The van der Waals surface area contributed by atoms with Crippen LogP contribution in [-0.2, 0) is 0 Å². The lowest BCUT2D eigenvalue weighted by molar-refractivity contribution is 0.630. The molecule has 1 nitrogen and oxygen atoms in total. The van der Waals surface area contributed by atoms with Crippen molar-refractivity contribution in [3.05, 3.63) is 35.1 Å². The summed E-state index contributed by atoms with van der Waals surface area (Å²) in [6.07, 6.45) is 8.66. The van der Waals surface area contributed by atoms with Crippen LogP contribution >= 0.6 is 0 Å². The smallest absolute Gasteiger partial charge is 0.0295 e. The number of hydrogen-bond donors (Lipinski definition) is 0. The lowest BCUT2D eigenvalue weighted by atomic mass is 9.95. The van der Waals surface area contributed by atoms with E-state index in [9.17, 15) is 0 Å². The van der Waals surface area contributed by atoms with Crippen molar-refractivity contribution < 1.29 is 0 Å². The third kappa shape index (κ3) is 7.22. The number of hydrogen-bond acceptors (Lipinski definition) is 1. The van der Waals surface area contributed by atoms with E-state index in [0.717, 1.165) is 12.8 Å². The van der Waals surface area contributed by atoms with Crippen LogP contribution in [0.25, 0.3) is 0 Å². The highest BCUT2D eigenvalue weighted by atomic mass is 14.6. The van der Waals surface area contributed by atoms with Gasteiger partial charge in [0.2, 0.25) is 0 Å². The molecule has 1 heteroatoms. The average molecular weight is 219 g/mol. The standard InChI is InChI=1S/C15H25N/c1-12(2)8-7-9-14(5)15(11-16-6)10-13(3)4/h8,10-11,14H,6-7,9H2,1-5H3/b15-11+. The second-order valence-corrected chi connectivity index (χ2v) is 4.79. The predicted molar refractivity (Wildman–Crippen MR) is 74.9 cm³/mol. The summed E-state index contributed by atoms with van der Waals surface area (Å²) in [6.45, 7) is 14.3. The zero-order valence-electron chi connectivity index (χ0n) is 11.4. The fourth-order valence-corrected chi connectivity index (χ4v) is 1.53. The minimum Gasteiger partial charge on any atom is -0.272 e. The fraction of sp³-hybridized carbons (Fsp3) is 0.533. The zero-order valence-corrected chi connectivity index (χ0v) is 11.4. The van der Waals surface area contributed by atoms with Gasteiger partial charge in [-0.25, -0.2) is 0 Å². The Labute approximate surface area is 101 Å². The van der Waals surface area contributed by atoms with E-state index in [4.69, 9.17) is 0 Å². The summed E-state index contributed by atoms with van der Waals surface area (Å²) in [5, 5.41) is 0. The van der Waals surface area contributed by atoms with Crippen molar-refractivity contribution in [2.24, 2.45) is 10.9 Å². The monoisotopic (exact) mass is 219 g/mol. The van der Waals surface area contributed by atoms with Gasteiger partial charge in [-0.15, -0.1) is 0 Å². The van der Waals surface area contributed by atoms with Crippen LogP contribution in [0.15, 0.2) is 40.1 Å². The summed E-state index contributed by atoms with van der Waals surface area (Å²) >= 11 is 0. The van der Waals surface area contributed by atoms with Crippen LogP contribution in [0.2, 0.25) is 0 Å².